The molecule has 0 saturated heterocycles. The van der Waals surface area contributed by atoms with Crippen molar-refractivity contribution in [1.29, 1.82) is 0 Å². The number of nitrogens with one attached hydrogen (secondary N) is 1. The van der Waals surface area contributed by atoms with Crippen molar-refractivity contribution in [3.8, 4) is 6.01 Å². The molecule has 114 valence electrons. The highest BCUT2D eigenvalue weighted by molar-refractivity contribution is 6.28. The monoisotopic (exact) mass is 302 g/mol. The van der Waals surface area contributed by atoms with E-state index in [1.165, 1.54) is 0 Å². The molecular formula is C13H23ClN4O2. The zero-order valence-corrected chi connectivity index (χ0v) is 13.4. The van der Waals surface area contributed by atoms with E-state index in [-0.39, 0.29) is 22.8 Å². The van der Waals surface area contributed by atoms with Crippen molar-refractivity contribution in [3.05, 3.63) is 5.28 Å². The summed E-state index contributed by atoms with van der Waals surface area (Å²) >= 11 is 5.81. The average molecular weight is 303 g/mol. The fourth-order valence-corrected chi connectivity index (χ4v) is 1.81. The van der Waals surface area contributed by atoms with Crippen molar-refractivity contribution >= 4 is 17.5 Å². The molecular weight excluding hydrogens is 280 g/mol. The van der Waals surface area contributed by atoms with Crippen molar-refractivity contribution in [3.63, 3.8) is 0 Å². The van der Waals surface area contributed by atoms with Crippen LogP contribution in [-0.2, 0) is 0 Å². The lowest BCUT2D eigenvalue weighted by Crippen LogP contribution is -2.26. The van der Waals surface area contributed by atoms with Crippen molar-refractivity contribution in [1.82, 2.24) is 15.0 Å². The third kappa shape index (κ3) is 6.86. The van der Waals surface area contributed by atoms with Gasteiger partial charge in [-0.2, -0.15) is 15.0 Å². The minimum Gasteiger partial charge on any atom is -0.461 e. The molecule has 1 rings (SSSR count). The van der Waals surface area contributed by atoms with E-state index in [2.05, 4.69) is 41.0 Å². The van der Waals surface area contributed by atoms with Crippen LogP contribution in [0.4, 0.5) is 5.95 Å². The highest BCUT2D eigenvalue weighted by atomic mass is 35.5. The summed E-state index contributed by atoms with van der Waals surface area (Å²) in [5, 5.41) is 12.9. The van der Waals surface area contributed by atoms with Gasteiger partial charge in [0.15, 0.2) is 0 Å². The van der Waals surface area contributed by atoms with Crippen molar-refractivity contribution in [2.24, 2.45) is 5.41 Å². The highest BCUT2D eigenvalue weighted by Gasteiger charge is 2.17. The van der Waals surface area contributed by atoms with Crippen LogP contribution < -0.4 is 10.1 Å². The zero-order valence-electron chi connectivity index (χ0n) is 12.6. The molecule has 1 atom stereocenters. The van der Waals surface area contributed by atoms with Crippen LogP contribution in [0.5, 0.6) is 6.01 Å². The lowest BCUT2D eigenvalue weighted by Gasteiger charge is -2.22. The number of halogens is 1. The summed E-state index contributed by atoms with van der Waals surface area (Å²) in [6.45, 7) is 10.3. The maximum absolute atomic E-state index is 9.93. The Balaban J connectivity index is 2.61. The van der Waals surface area contributed by atoms with Crippen LogP contribution in [-0.4, -0.2) is 38.8 Å². The normalized spacial score (nSPS) is 13.4. The van der Waals surface area contributed by atoms with Crippen LogP contribution in [0.2, 0.25) is 5.28 Å². The Morgan fingerprint density at radius 1 is 1.25 bits per heavy atom. The predicted molar refractivity (Wildman–Crippen MR) is 79.2 cm³/mol. The van der Waals surface area contributed by atoms with Crippen LogP contribution in [0.25, 0.3) is 0 Å². The predicted octanol–water partition coefficient (Wildman–Crippen LogP) is 2.52. The molecule has 2 N–H and O–H groups in total. The summed E-state index contributed by atoms with van der Waals surface area (Å²) < 4.78 is 5.37. The zero-order chi connectivity index (χ0) is 15.3. The molecule has 0 aliphatic carbocycles. The number of nitrogens with zero attached hydrogens (tertiary/aromatic N) is 3. The number of hydrogen-bond acceptors (Lipinski definition) is 6. The molecule has 20 heavy (non-hydrogen) atoms. The van der Waals surface area contributed by atoms with Gasteiger partial charge < -0.3 is 15.2 Å². The fourth-order valence-electron chi connectivity index (χ4n) is 1.66. The number of hydrogen-bond donors (Lipinski definition) is 2. The number of aliphatic hydroxyl groups excluding tert-OH is 1. The van der Waals surface area contributed by atoms with Crippen LogP contribution in [0.1, 0.15) is 41.0 Å². The second kappa shape index (κ2) is 7.04. The molecule has 0 fully saturated rings. The fraction of sp³-hybridized carbons (Fsp3) is 0.769. The Bertz CT molecular complexity index is 435. The van der Waals surface area contributed by atoms with Gasteiger partial charge in [-0.1, -0.05) is 20.8 Å². The van der Waals surface area contributed by atoms with E-state index in [1.807, 2.05) is 13.8 Å². The quantitative estimate of drug-likeness (QED) is 0.840. The number of aromatic nitrogens is 3. The van der Waals surface area contributed by atoms with Crippen molar-refractivity contribution in [2.75, 3.05) is 11.9 Å². The van der Waals surface area contributed by atoms with Crippen LogP contribution in [0.3, 0.4) is 0 Å². The third-order valence-corrected chi connectivity index (χ3v) is 2.44. The average Bonchev–Trinajstić information content (AvgIpc) is 2.22. The summed E-state index contributed by atoms with van der Waals surface area (Å²) in [4.78, 5) is 11.9. The van der Waals surface area contributed by atoms with E-state index in [0.717, 1.165) is 0 Å². The van der Waals surface area contributed by atoms with Gasteiger partial charge in [0, 0.05) is 6.54 Å². The first-order valence-corrected chi connectivity index (χ1v) is 7.03. The molecule has 0 spiro atoms. The SMILES string of the molecule is CC(C)Oc1nc(Cl)nc(NCC(O)CC(C)(C)C)n1. The molecule has 6 nitrogen and oxygen atoms in total. The topological polar surface area (TPSA) is 80.2 Å². The van der Waals surface area contributed by atoms with Crippen molar-refractivity contribution in [2.45, 2.75) is 53.2 Å². The Morgan fingerprint density at radius 3 is 2.45 bits per heavy atom. The van der Waals surface area contributed by atoms with Crippen LogP contribution in [0, 0.1) is 5.41 Å². The number of anilines is 1. The van der Waals surface area contributed by atoms with Gasteiger partial charge in [-0.05, 0) is 37.3 Å². The van der Waals surface area contributed by atoms with E-state index in [0.29, 0.717) is 18.9 Å². The first kappa shape index (κ1) is 16.9. The van der Waals surface area contributed by atoms with Crippen LogP contribution >= 0.6 is 11.6 Å². The standard InChI is InChI=1S/C13H23ClN4O2/c1-8(2)20-12-17-10(14)16-11(18-12)15-7-9(19)6-13(3,4)5/h8-9,19H,6-7H2,1-5H3,(H,15,16,17,18). The van der Waals surface area contributed by atoms with E-state index < -0.39 is 6.10 Å². The first-order chi connectivity index (χ1) is 9.15. The summed E-state index contributed by atoms with van der Waals surface area (Å²) in [6.07, 6.45) is 0.140. The lowest BCUT2D eigenvalue weighted by atomic mass is 9.89. The molecule has 0 aromatic carbocycles. The minimum absolute atomic E-state index is 0.0483. The number of ether oxygens (including phenoxy) is 1. The van der Waals surface area contributed by atoms with Gasteiger partial charge in [0.2, 0.25) is 11.2 Å². The number of rotatable bonds is 6. The Kier molecular flexibility index (Phi) is 5.95. The van der Waals surface area contributed by atoms with Gasteiger partial charge in [-0.3, -0.25) is 0 Å². The maximum atomic E-state index is 9.93. The highest BCUT2D eigenvalue weighted by Crippen LogP contribution is 2.21. The van der Waals surface area contributed by atoms with Crippen LogP contribution in [0.15, 0.2) is 0 Å². The van der Waals surface area contributed by atoms with Gasteiger partial charge in [0.1, 0.15) is 0 Å². The van der Waals surface area contributed by atoms with Gasteiger partial charge in [-0.25, -0.2) is 0 Å². The smallest absolute Gasteiger partial charge is 0.322 e. The molecule has 0 radical (unpaired) electrons. The lowest BCUT2D eigenvalue weighted by molar-refractivity contribution is 0.132. The molecule has 0 aliphatic rings. The molecule has 7 heteroatoms. The summed E-state index contributed by atoms with van der Waals surface area (Å²) in [6, 6.07) is 0.174. The molecule has 1 aromatic heterocycles. The molecule has 1 aromatic rings. The molecule has 0 amide bonds. The minimum atomic E-state index is -0.486. The molecule has 0 saturated carbocycles. The second-order valence-corrected chi connectivity index (χ2v) is 6.51. The molecule has 0 aliphatic heterocycles. The van der Waals surface area contributed by atoms with E-state index in [4.69, 9.17) is 16.3 Å². The molecule has 0 bridgehead atoms. The van der Waals surface area contributed by atoms with Crippen molar-refractivity contribution < 1.29 is 9.84 Å². The summed E-state index contributed by atoms with van der Waals surface area (Å²) in [5.41, 5.74) is 0.0593. The summed E-state index contributed by atoms with van der Waals surface area (Å²) in [7, 11) is 0. The Hall–Kier alpha value is -1.14. The Morgan fingerprint density at radius 2 is 1.90 bits per heavy atom. The van der Waals surface area contributed by atoms with Gasteiger partial charge in [0.05, 0.1) is 12.2 Å². The van der Waals surface area contributed by atoms with E-state index in [1.54, 1.807) is 0 Å². The van der Waals surface area contributed by atoms with E-state index in [9.17, 15) is 5.11 Å². The number of aliphatic hydroxyl groups is 1. The second-order valence-electron chi connectivity index (χ2n) is 6.18. The largest absolute Gasteiger partial charge is 0.461 e. The van der Waals surface area contributed by atoms with Gasteiger partial charge >= 0.3 is 6.01 Å². The maximum Gasteiger partial charge on any atom is 0.322 e. The van der Waals surface area contributed by atoms with Gasteiger partial charge in [0.25, 0.3) is 0 Å². The molecule has 1 unspecified atom stereocenters. The third-order valence-electron chi connectivity index (χ3n) is 2.27. The van der Waals surface area contributed by atoms with E-state index >= 15 is 0 Å². The first-order valence-electron chi connectivity index (χ1n) is 6.66. The van der Waals surface area contributed by atoms with Gasteiger partial charge in [-0.15, -0.1) is 0 Å². The Labute approximate surface area is 125 Å². The summed E-state index contributed by atoms with van der Waals surface area (Å²) in [5.74, 6) is 0.300. The molecule has 1 heterocycles.